The van der Waals surface area contributed by atoms with E-state index in [0.717, 1.165) is 17.0 Å². The molecular weight excluding hydrogens is 290 g/mol. The van der Waals surface area contributed by atoms with Gasteiger partial charge in [-0.1, -0.05) is 0 Å². The topological polar surface area (TPSA) is 73.6 Å². The van der Waals surface area contributed by atoms with E-state index in [1.165, 1.54) is 10.6 Å². The van der Waals surface area contributed by atoms with Crippen molar-refractivity contribution in [2.45, 2.75) is 13.8 Å². The van der Waals surface area contributed by atoms with Gasteiger partial charge in [-0.2, -0.15) is 4.98 Å². The molecule has 0 aliphatic carbocycles. The highest BCUT2D eigenvalue weighted by molar-refractivity contribution is 6.28. The molecule has 0 fully saturated rings. The van der Waals surface area contributed by atoms with Crippen molar-refractivity contribution in [1.29, 1.82) is 0 Å². The lowest BCUT2D eigenvalue weighted by molar-refractivity contribution is 0.861. The van der Waals surface area contributed by atoms with Crippen LogP contribution in [0.2, 0.25) is 5.28 Å². The summed E-state index contributed by atoms with van der Waals surface area (Å²) in [5.41, 5.74) is 3.83. The molecule has 0 bridgehead atoms. The third-order valence-corrected chi connectivity index (χ3v) is 3.44. The van der Waals surface area contributed by atoms with Crippen molar-refractivity contribution in [3.63, 3.8) is 0 Å². The van der Waals surface area contributed by atoms with Crippen LogP contribution in [-0.2, 0) is 7.05 Å². The molecule has 0 radical (unpaired) electrons. The van der Waals surface area contributed by atoms with E-state index < -0.39 is 0 Å². The lowest BCUT2D eigenvalue weighted by Gasteiger charge is -2.08. The largest absolute Gasteiger partial charge is 0.318 e. The Balaban J connectivity index is 2.37. The number of nitrogens with zero attached hydrogens (tertiary/aromatic N) is 5. The number of pyridine rings is 1. The minimum Gasteiger partial charge on any atom is -0.318 e. The van der Waals surface area contributed by atoms with E-state index in [4.69, 9.17) is 11.6 Å². The molecule has 21 heavy (non-hydrogen) atoms. The van der Waals surface area contributed by atoms with Crippen molar-refractivity contribution in [3.05, 3.63) is 45.4 Å². The summed E-state index contributed by atoms with van der Waals surface area (Å²) in [6.07, 6.45) is 1.69. The van der Waals surface area contributed by atoms with Gasteiger partial charge in [0.15, 0.2) is 5.65 Å². The van der Waals surface area contributed by atoms with Crippen molar-refractivity contribution < 1.29 is 0 Å². The highest BCUT2D eigenvalue weighted by Crippen LogP contribution is 2.25. The number of hydrogen-bond donors (Lipinski definition) is 0. The predicted octanol–water partition coefficient (Wildman–Crippen LogP) is 2.06. The first-order valence-electron chi connectivity index (χ1n) is 6.31. The second-order valence-corrected chi connectivity index (χ2v) is 5.11. The zero-order valence-corrected chi connectivity index (χ0v) is 12.5. The summed E-state index contributed by atoms with van der Waals surface area (Å²) in [5.74, 6) is 0. The molecule has 0 unspecified atom stereocenters. The van der Waals surface area contributed by atoms with Gasteiger partial charge in [0.25, 0.3) is 0 Å². The van der Waals surface area contributed by atoms with Crippen molar-refractivity contribution in [3.8, 4) is 11.3 Å². The van der Waals surface area contributed by atoms with Crippen LogP contribution in [0.4, 0.5) is 0 Å². The number of rotatable bonds is 1. The Labute approximate surface area is 125 Å². The number of aromatic nitrogens is 5. The Morgan fingerprint density at radius 3 is 2.48 bits per heavy atom. The molecule has 0 aliphatic heterocycles. The second-order valence-electron chi connectivity index (χ2n) is 4.77. The van der Waals surface area contributed by atoms with Crippen LogP contribution in [0.5, 0.6) is 0 Å². The summed E-state index contributed by atoms with van der Waals surface area (Å²) in [6.45, 7) is 3.74. The average molecular weight is 302 g/mol. The number of aryl methyl sites for hydroxylation is 3. The summed E-state index contributed by atoms with van der Waals surface area (Å²) < 4.78 is 1.48. The molecule has 7 heteroatoms. The Hall–Kier alpha value is -2.34. The highest BCUT2D eigenvalue weighted by atomic mass is 35.5. The van der Waals surface area contributed by atoms with Crippen LogP contribution in [-0.4, -0.2) is 24.5 Å². The number of fused-ring (bicyclic) bond motifs is 1. The third-order valence-electron chi connectivity index (χ3n) is 3.27. The maximum Gasteiger partial charge on any atom is 0.250 e. The molecule has 6 nitrogen and oxygen atoms in total. The van der Waals surface area contributed by atoms with Crippen LogP contribution in [0, 0.1) is 13.8 Å². The van der Waals surface area contributed by atoms with Crippen LogP contribution in [0.15, 0.2) is 23.1 Å². The molecular formula is C14H12ClN5O. The van der Waals surface area contributed by atoms with E-state index >= 15 is 0 Å². The molecule has 0 N–H and O–H groups in total. The second kappa shape index (κ2) is 4.89. The van der Waals surface area contributed by atoms with Gasteiger partial charge in [-0.25, -0.2) is 15.0 Å². The zero-order chi connectivity index (χ0) is 15.1. The molecule has 3 heterocycles. The van der Waals surface area contributed by atoms with E-state index in [0.29, 0.717) is 16.9 Å². The summed E-state index contributed by atoms with van der Waals surface area (Å²) in [6, 6.07) is 3.17. The molecule has 106 valence electrons. The fourth-order valence-electron chi connectivity index (χ4n) is 2.02. The van der Waals surface area contributed by atoms with Gasteiger partial charge in [0.1, 0.15) is 11.2 Å². The van der Waals surface area contributed by atoms with Crippen molar-refractivity contribution >= 4 is 22.8 Å². The molecule has 0 aliphatic rings. The van der Waals surface area contributed by atoms with Gasteiger partial charge in [0.05, 0.1) is 11.4 Å². The average Bonchev–Trinajstić information content (AvgIpc) is 2.43. The maximum atomic E-state index is 11.5. The van der Waals surface area contributed by atoms with Gasteiger partial charge in [-0.05, 0) is 31.5 Å². The first-order valence-corrected chi connectivity index (χ1v) is 6.69. The Morgan fingerprint density at radius 1 is 1.05 bits per heavy atom. The van der Waals surface area contributed by atoms with E-state index in [1.54, 1.807) is 19.3 Å². The maximum absolute atomic E-state index is 11.5. The normalized spacial score (nSPS) is 11.0. The Morgan fingerprint density at radius 2 is 1.76 bits per heavy atom. The monoisotopic (exact) mass is 301 g/mol. The molecule has 3 rings (SSSR count). The van der Waals surface area contributed by atoms with Crippen LogP contribution in [0.3, 0.4) is 0 Å². The Kier molecular flexibility index (Phi) is 3.17. The van der Waals surface area contributed by atoms with Gasteiger partial charge >= 0.3 is 0 Å². The quantitative estimate of drug-likeness (QED) is 0.643. The fraction of sp³-hybridized carbons (Fsp3) is 0.214. The van der Waals surface area contributed by atoms with E-state index in [-0.39, 0.29) is 10.8 Å². The van der Waals surface area contributed by atoms with Crippen LogP contribution in [0.1, 0.15) is 11.4 Å². The lowest BCUT2D eigenvalue weighted by atomic mass is 10.2. The number of hydrogen-bond acceptors (Lipinski definition) is 5. The molecule has 0 atom stereocenters. The van der Waals surface area contributed by atoms with Gasteiger partial charge in [0, 0.05) is 24.9 Å². The van der Waals surface area contributed by atoms with Gasteiger partial charge < -0.3 is 4.57 Å². The summed E-state index contributed by atoms with van der Waals surface area (Å²) in [4.78, 5) is 28.8. The standard InChI is InChI=1S/C14H12ClN5O/c1-7-8(2)17-13-12(16-7)11(18-14(15)19-13)9-4-5-10(21)20(3)6-9/h4-6H,1-3H3. The Bertz CT molecular complexity index is 919. The van der Waals surface area contributed by atoms with Crippen LogP contribution >= 0.6 is 11.6 Å². The molecule has 0 saturated carbocycles. The summed E-state index contributed by atoms with van der Waals surface area (Å²) in [7, 11) is 1.68. The first-order chi connectivity index (χ1) is 9.95. The molecule has 0 saturated heterocycles. The molecule has 3 aromatic rings. The smallest absolute Gasteiger partial charge is 0.250 e. The van der Waals surface area contributed by atoms with E-state index in [9.17, 15) is 4.79 Å². The fourth-order valence-corrected chi connectivity index (χ4v) is 2.19. The van der Waals surface area contributed by atoms with Crippen LogP contribution < -0.4 is 5.56 Å². The molecule has 0 amide bonds. The summed E-state index contributed by atoms with van der Waals surface area (Å²) >= 11 is 5.98. The van der Waals surface area contributed by atoms with Crippen molar-refractivity contribution in [2.75, 3.05) is 0 Å². The minimum atomic E-state index is -0.0960. The van der Waals surface area contributed by atoms with Gasteiger partial charge in [0.2, 0.25) is 10.8 Å². The van der Waals surface area contributed by atoms with Crippen molar-refractivity contribution in [2.24, 2.45) is 7.05 Å². The highest BCUT2D eigenvalue weighted by Gasteiger charge is 2.13. The number of halogens is 1. The summed E-state index contributed by atoms with van der Waals surface area (Å²) in [5, 5.41) is 0.101. The predicted molar refractivity (Wildman–Crippen MR) is 80.3 cm³/mol. The van der Waals surface area contributed by atoms with E-state index in [2.05, 4.69) is 19.9 Å². The zero-order valence-electron chi connectivity index (χ0n) is 11.8. The SMILES string of the molecule is Cc1nc2nc(Cl)nc(-c3ccc(=O)n(C)c3)c2nc1C. The third kappa shape index (κ3) is 2.38. The van der Waals surface area contributed by atoms with Crippen LogP contribution in [0.25, 0.3) is 22.4 Å². The molecule has 3 aromatic heterocycles. The molecule has 0 aromatic carbocycles. The van der Waals surface area contributed by atoms with Gasteiger partial charge in [-0.15, -0.1) is 0 Å². The van der Waals surface area contributed by atoms with Crippen molar-refractivity contribution in [1.82, 2.24) is 24.5 Å². The minimum absolute atomic E-state index is 0.0960. The first kappa shape index (κ1) is 13.6. The van der Waals surface area contributed by atoms with Gasteiger partial charge in [-0.3, -0.25) is 4.79 Å². The van der Waals surface area contributed by atoms with E-state index in [1.807, 2.05) is 13.8 Å². The lowest BCUT2D eigenvalue weighted by Crippen LogP contribution is -2.14. The molecule has 0 spiro atoms.